The van der Waals surface area contributed by atoms with Gasteiger partial charge in [-0.25, -0.2) is 0 Å². The Morgan fingerprint density at radius 3 is 2.31 bits per heavy atom. The van der Waals surface area contributed by atoms with Crippen molar-refractivity contribution in [2.45, 2.75) is 19.9 Å². The van der Waals surface area contributed by atoms with Crippen molar-refractivity contribution in [2.75, 3.05) is 20.1 Å². The van der Waals surface area contributed by atoms with Crippen LogP contribution in [0.2, 0.25) is 5.02 Å². The summed E-state index contributed by atoms with van der Waals surface area (Å²) in [6.45, 7) is 3.98. The molecule has 0 spiro atoms. The molecule has 1 amide bonds. The van der Waals surface area contributed by atoms with Crippen molar-refractivity contribution >= 4 is 58.8 Å². The van der Waals surface area contributed by atoms with Gasteiger partial charge in [0, 0.05) is 40.5 Å². The molecule has 8 heteroatoms. The predicted octanol–water partition coefficient (Wildman–Crippen LogP) is 3.68. The first-order valence-corrected chi connectivity index (χ1v) is 9.37. The normalized spacial score (nSPS) is 10.8. The Kier molecular flexibility index (Phi) is 10.6. The van der Waals surface area contributed by atoms with Crippen LogP contribution < -0.4 is 16.0 Å². The Morgan fingerprint density at radius 1 is 1.04 bits per heavy atom. The highest BCUT2D eigenvalue weighted by Crippen LogP contribution is 2.16. The van der Waals surface area contributed by atoms with Gasteiger partial charge in [-0.1, -0.05) is 18.5 Å². The lowest BCUT2D eigenvalue weighted by Gasteiger charge is -2.11. The number of guanidine groups is 1. The molecule has 0 bridgehead atoms. The van der Waals surface area contributed by atoms with Crippen LogP contribution in [0.1, 0.15) is 27.0 Å². The number of carbonyl (C=O) groups excluding carboxylic acids is 1. The number of amides is 1. The molecule has 26 heavy (non-hydrogen) atoms. The molecule has 1 aromatic carbocycles. The van der Waals surface area contributed by atoms with E-state index in [4.69, 9.17) is 11.6 Å². The van der Waals surface area contributed by atoms with Crippen LogP contribution in [0, 0.1) is 0 Å². The minimum absolute atomic E-state index is 0. The van der Waals surface area contributed by atoms with Crippen molar-refractivity contribution in [3.63, 3.8) is 0 Å². The second-order valence-corrected chi connectivity index (χ2v) is 7.03. The number of benzene rings is 1. The van der Waals surface area contributed by atoms with Gasteiger partial charge in [0.25, 0.3) is 5.91 Å². The van der Waals surface area contributed by atoms with Crippen molar-refractivity contribution < 1.29 is 4.79 Å². The highest BCUT2D eigenvalue weighted by molar-refractivity contribution is 14.0. The minimum atomic E-state index is -0.118. The van der Waals surface area contributed by atoms with Crippen LogP contribution in [-0.4, -0.2) is 32.0 Å². The lowest BCUT2D eigenvalue weighted by molar-refractivity contribution is 0.0954. The van der Waals surface area contributed by atoms with E-state index in [0.717, 1.165) is 13.0 Å². The highest BCUT2D eigenvalue weighted by atomic mass is 127. The average molecular weight is 507 g/mol. The molecular formula is C18H24ClIN4OS. The molecule has 0 fully saturated rings. The van der Waals surface area contributed by atoms with Crippen molar-refractivity contribution in [3.05, 3.63) is 56.7 Å². The number of hydrogen-bond donors (Lipinski definition) is 3. The average Bonchev–Trinajstić information content (AvgIpc) is 3.09. The summed E-state index contributed by atoms with van der Waals surface area (Å²) in [7, 11) is 1.73. The lowest BCUT2D eigenvalue weighted by atomic mass is 10.2. The van der Waals surface area contributed by atoms with Gasteiger partial charge >= 0.3 is 0 Å². The molecular weight excluding hydrogens is 483 g/mol. The summed E-state index contributed by atoms with van der Waals surface area (Å²) in [6.07, 6.45) is 1.06. The van der Waals surface area contributed by atoms with Crippen LogP contribution in [0.25, 0.3) is 0 Å². The van der Waals surface area contributed by atoms with Gasteiger partial charge in [-0.2, -0.15) is 0 Å². The van der Waals surface area contributed by atoms with E-state index in [1.807, 2.05) is 0 Å². The van der Waals surface area contributed by atoms with Crippen LogP contribution in [0.4, 0.5) is 0 Å². The Bertz CT molecular complexity index is 718. The summed E-state index contributed by atoms with van der Waals surface area (Å²) in [5.74, 6) is 0.597. The summed E-state index contributed by atoms with van der Waals surface area (Å²) in [5.41, 5.74) is 0.594. The van der Waals surface area contributed by atoms with Gasteiger partial charge in [0.1, 0.15) is 0 Å². The molecule has 0 aliphatic rings. The largest absolute Gasteiger partial charge is 0.355 e. The number of aryl methyl sites for hydroxylation is 1. The molecule has 142 valence electrons. The zero-order chi connectivity index (χ0) is 18.1. The van der Waals surface area contributed by atoms with Crippen molar-refractivity contribution in [1.82, 2.24) is 16.0 Å². The molecule has 0 aliphatic carbocycles. The smallest absolute Gasteiger partial charge is 0.251 e. The maximum absolute atomic E-state index is 12.0. The van der Waals surface area contributed by atoms with E-state index in [2.05, 4.69) is 40.0 Å². The van der Waals surface area contributed by atoms with E-state index >= 15 is 0 Å². The van der Waals surface area contributed by atoms with E-state index in [0.29, 0.717) is 29.6 Å². The van der Waals surface area contributed by atoms with Crippen LogP contribution >= 0.6 is 46.9 Å². The first-order valence-electron chi connectivity index (χ1n) is 8.18. The van der Waals surface area contributed by atoms with Crippen LogP contribution in [0.15, 0.2) is 41.4 Å². The third-order valence-corrected chi connectivity index (χ3v) is 5.01. The third kappa shape index (κ3) is 7.51. The zero-order valence-electron chi connectivity index (χ0n) is 14.8. The van der Waals surface area contributed by atoms with Crippen LogP contribution in [0.3, 0.4) is 0 Å². The van der Waals surface area contributed by atoms with Crippen molar-refractivity contribution in [1.29, 1.82) is 0 Å². The van der Waals surface area contributed by atoms with Gasteiger partial charge in [0.2, 0.25) is 0 Å². The van der Waals surface area contributed by atoms with E-state index in [9.17, 15) is 4.79 Å². The molecule has 0 aliphatic heterocycles. The number of rotatable bonds is 7. The van der Waals surface area contributed by atoms with Gasteiger partial charge < -0.3 is 16.0 Å². The fourth-order valence-corrected chi connectivity index (χ4v) is 3.18. The molecule has 1 heterocycles. The number of aliphatic imine (C=N–C) groups is 1. The van der Waals surface area contributed by atoms with Gasteiger partial charge in [-0.05, 0) is 42.8 Å². The first kappa shape index (κ1) is 22.7. The second-order valence-electron chi connectivity index (χ2n) is 5.34. The third-order valence-electron chi connectivity index (χ3n) is 3.53. The molecule has 1 aromatic heterocycles. The van der Waals surface area contributed by atoms with E-state index < -0.39 is 0 Å². The standard InChI is InChI=1S/C18H23ClN4OS.HI/c1-3-15-8-9-16(25-15)12-23-18(20-2)22-11-10-21-17(24)13-4-6-14(19)7-5-13;/h4-9H,3,10-12H2,1-2H3,(H,21,24)(H2,20,22,23);1H. The van der Waals surface area contributed by atoms with Crippen LogP contribution in [0.5, 0.6) is 0 Å². The Hall–Kier alpha value is -1.32. The second kappa shape index (κ2) is 12.1. The predicted molar refractivity (Wildman–Crippen MR) is 121 cm³/mol. The molecule has 3 N–H and O–H groups in total. The Labute approximate surface area is 180 Å². The molecule has 5 nitrogen and oxygen atoms in total. The molecule has 0 radical (unpaired) electrons. The topological polar surface area (TPSA) is 65.5 Å². The lowest BCUT2D eigenvalue weighted by Crippen LogP contribution is -2.41. The van der Waals surface area contributed by atoms with Gasteiger partial charge in [-0.3, -0.25) is 9.79 Å². The molecule has 2 aromatic rings. The highest BCUT2D eigenvalue weighted by Gasteiger charge is 2.05. The quantitative estimate of drug-likeness (QED) is 0.232. The van der Waals surface area contributed by atoms with Crippen LogP contribution in [-0.2, 0) is 13.0 Å². The fourth-order valence-electron chi connectivity index (χ4n) is 2.16. The summed E-state index contributed by atoms with van der Waals surface area (Å²) in [4.78, 5) is 18.8. The zero-order valence-corrected chi connectivity index (χ0v) is 18.7. The molecule has 2 rings (SSSR count). The molecule has 0 atom stereocenters. The fraction of sp³-hybridized carbons (Fsp3) is 0.333. The van der Waals surface area contributed by atoms with Crippen molar-refractivity contribution in [2.24, 2.45) is 4.99 Å². The summed E-state index contributed by atoms with van der Waals surface area (Å²) in [6, 6.07) is 11.1. The number of thiophene rings is 1. The molecule has 0 unspecified atom stereocenters. The van der Waals surface area contributed by atoms with E-state index in [-0.39, 0.29) is 29.9 Å². The van der Waals surface area contributed by atoms with Gasteiger partial charge in [0.15, 0.2) is 5.96 Å². The number of carbonyl (C=O) groups is 1. The minimum Gasteiger partial charge on any atom is -0.355 e. The van der Waals surface area contributed by atoms with Gasteiger partial charge in [0.05, 0.1) is 6.54 Å². The number of hydrogen-bond acceptors (Lipinski definition) is 3. The van der Waals surface area contributed by atoms with E-state index in [1.54, 1.807) is 42.6 Å². The maximum atomic E-state index is 12.0. The first-order chi connectivity index (χ1) is 12.1. The summed E-state index contributed by atoms with van der Waals surface area (Å²) < 4.78 is 0. The number of nitrogens with one attached hydrogen (secondary N) is 3. The SMILES string of the molecule is CCc1ccc(CNC(=NC)NCCNC(=O)c2ccc(Cl)cc2)s1.I. The Balaban J connectivity index is 0.00000338. The summed E-state index contributed by atoms with van der Waals surface area (Å²) >= 11 is 7.62. The molecule has 0 saturated carbocycles. The van der Waals surface area contributed by atoms with Crippen molar-refractivity contribution in [3.8, 4) is 0 Å². The number of nitrogens with zero attached hydrogens (tertiary/aromatic N) is 1. The van der Waals surface area contributed by atoms with Gasteiger partial charge in [-0.15, -0.1) is 35.3 Å². The Morgan fingerprint density at radius 2 is 1.69 bits per heavy atom. The van der Waals surface area contributed by atoms with E-state index in [1.165, 1.54) is 9.75 Å². The summed E-state index contributed by atoms with van der Waals surface area (Å²) in [5, 5.41) is 9.93. The monoisotopic (exact) mass is 506 g/mol. The molecule has 0 saturated heterocycles. The maximum Gasteiger partial charge on any atom is 0.251 e. The number of halogens is 2.